The van der Waals surface area contributed by atoms with Gasteiger partial charge in [-0.25, -0.2) is 9.18 Å². The molecule has 0 saturated heterocycles. The number of nitrogens with zero attached hydrogens (tertiary/aromatic N) is 1. The second-order valence-corrected chi connectivity index (χ2v) is 9.02. The predicted octanol–water partition coefficient (Wildman–Crippen LogP) is 5.94. The molecule has 1 aliphatic rings. The average Bonchev–Trinajstić information content (AvgIpc) is 3.14. The van der Waals surface area contributed by atoms with Crippen LogP contribution in [0.3, 0.4) is 0 Å². The van der Waals surface area contributed by atoms with Crippen LogP contribution in [0.15, 0.2) is 78.9 Å². The lowest BCUT2D eigenvalue weighted by atomic mass is 9.81. The van der Waals surface area contributed by atoms with Crippen LogP contribution in [0, 0.1) is 5.82 Å². The maximum Gasteiger partial charge on any atom is 0.318 e. The minimum absolute atomic E-state index is 0.169. The number of carbonyl (C=O) groups is 1. The molecule has 2 N–H and O–H groups in total. The fourth-order valence-electron chi connectivity index (χ4n) is 4.88. The van der Waals surface area contributed by atoms with Gasteiger partial charge >= 0.3 is 6.03 Å². The van der Waals surface area contributed by atoms with E-state index in [9.17, 15) is 9.18 Å². The number of amides is 2. The summed E-state index contributed by atoms with van der Waals surface area (Å²) in [6.45, 7) is 4.58. The molecule has 3 aromatic carbocycles. The van der Waals surface area contributed by atoms with Gasteiger partial charge in [0.25, 0.3) is 0 Å². The van der Waals surface area contributed by atoms with Gasteiger partial charge in [0.1, 0.15) is 5.82 Å². The standard InChI is InChI=1S/C27H26FN3O/c1-27(2)16-22-21-13-6-7-14-23(21)30-24(22)25(19-11-8-12-20(28)15-19)31(27)26(32)29-17-18-9-4-3-5-10-18/h3-15,25,30H,16-17H2,1-2H3,(H,29,32). The molecule has 1 unspecified atom stereocenters. The molecule has 4 aromatic rings. The van der Waals surface area contributed by atoms with E-state index in [1.54, 1.807) is 6.07 Å². The number of hydrogen-bond acceptors (Lipinski definition) is 1. The van der Waals surface area contributed by atoms with Crippen LogP contribution in [-0.4, -0.2) is 21.5 Å². The van der Waals surface area contributed by atoms with Crippen molar-refractivity contribution in [3.63, 3.8) is 0 Å². The lowest BCUT2D eigenvalue weighted by molar-refractivity contribution is 0.0986. The minimum Gasteiger partial charge on any atom is -0.356 e. The van der Waals surface area contributed by atoms with E-state index in [-0.39, 0.29) is 11.8 Å². The van der Waals surface area contributed by atoms with E-state index in [0.717, 1.165) is 27.7 Å². The molecule has 0 spiro atoms. The van der Waals surface area contributed by atoms with Crippen molar-refractivity contribution in [2.75, 3.05) is 0 Å². The van der Waals surface area contributed by atoms with Gasteiger partial charge in [-0.05, 0) is 55.2 Å². The van der Waals surface area contributed by atoms with Crippen LogP contribution in [0.1, 0.15) is 42.3 Å². The number of carbonyl (C=O) groups excluding carboxylic acids is 1. The third-order valence-corrected chi connectivity index (χ3v) is 6.31. The maximum atomic E-state index is 14.3. The fraction of sp³-hybridized carbons (Fsp3) is 0.222. The first-order chi connectivity index (χ1) is 15.4. The first-order valence-electron chi connectivity index (χ1n) is 10.9. The van der Waals surface area contributed by atoms with E-state index in [0.29, 0.717) is 13.0 Å². The zero-order valence-corrected chi connectivity index (χ0v) is 18.2. The van der Waals surface area contributed by atoms with Gasteiger partial charge in [-0.3, -0.25) is 0 Å². The van der Waals surface area contributed by atoms with Crippen molar-refractivity contribution in [1.82, 2.24) is 15.2 Å². The van der Waals surface area contributed by atoms with Crippen molar-refractivity contribution < 1.29 is 9.18 Å². The van der Waals surface area contributed by atoms with Gasteiger partial charge in [-0.2, -0.15) is 0 Å². The highest BCUT2D eigenvalue weighted by molar-refractivity contribution is 5.87. The number of H-pyrrole nitrogens is 1. The number of fused-ring (bicyclic) bond motifs is 3. The fourth-order valence-corrected chi connectivity index (χ4v) is 4.88. The van der Waals surface area contributed by atoms with Crippen LogP contribution in [0.25, 0.3) is 10.9 Å². The Morgan fingerprint density at radius 3 is 2.59 bits per heavy atom. The Bertz CT molecular complexity index is 1280. The lowest BCUT2D eigenvalue weighted by Crippen LogP contribution is -2.57. The van der Waals surface area contributed by atoms with Gasteiger partial charge < -0.3 is 15.2 Å². The van der Waals surface area contributed by atoms with Gasteiger partial charge in [-0.1, -0.05) is 60.7 Å². The highest BCUT2D eigenvalue weighted by atomic mass is 19.1. The maximum absolute atomic E-state index is 14.3. The van der Waals surface area contributed by atoms with Gasteiger partial charge in [-0.15, -0.1) is 0 Å². The molecule has 162 valence electrons. The molecule has 0 aliphatic carbocycles. The quantitative estimate of drug-likeness (QED) is 0.417. The molecule has 0 saturated carbocycles. The Balaban J connectivity index is 1.61. The van der Waals surface area contributed by atoms with Crippen LogP contribution in [0.2, 0.25) is 0 Å². The second kappa shape index (κ2) is 7.83. The number of para-hydroxylation sites is 1. The average molecular weight is 428 g/mol. The molecule has 0 fully saturated rings. The molecular weight excluding hydrogens is 401 g/mol. The van der Waals surface area contributed by atoms with Crippen molar-refractivity contribution in [3.8, 4) is 0 Å². The van der Waals surface area contributed by atoms with Gasteiger partial charge in [0.2, 0.25) is 0 Å². The molecule has 4 nitrogen and oxygen atoms in total. The number of benzene rings is 3. The first kappa shape index (κ1) is 20.3. The molecule has 1 aromatic heterocycles. The summed E-state index contributed by atoms with van der Waals surface area (Å²) in [7, 11) is 0. The molecule has 2 amide bonds. The largest absolute Gasteiger partial charge is 0.356 e. The van der Waals surface area contributed by atoms with Crippen molar-refractivity contribution in [3.05, 3.63) is 107 Å². The van der Waals surface area contributed by atoms with Crippen LogP contribution in [-0.2, 0) is 13.0 Å². The second-order valence-electron chi connectivity index (χ2n) is 9.02. The summed E-state index contributed by atoms with van der Waals surface area (Å²) in [6, 6.07) is 24.0. The van der Waals surface area contributed by atoms with Gasteiger partial charge in [0, 0.05) is 28.7 Å². The summed E-state index contributed by atoms with van der Waals surface area (Å²) in [6.07, 6.45) is 0.705. The van der Waals surface area contributed by atoms with Crippen LogP contribution in [0.4, 0.5) is 9.18 Å². The van der Waals surface area contributed by atoms with E-state index in [4.69, 9.17) is 0 Å². The zero-order valence-electron chi connectivity index (χ0n) is 18.2. The molecule has 1 aliphatic heterocycles. The highest BCUT2D eigenvalue weighted by Crippen LogP contribution is 2.44. The monoisotopic (exact) mass is 427 g/mol. The topological polar surface area (TPSA) is 48.1 Å². The van der Waals surface area contributed by atoms with Crippen molar-refractivity contribution >= 4 is 16.9 Å². The molecule has 1 atom stereocenters. The summed E-state index contributed by atoms with van der Waals surface area (Å²) < 4.78 is 14.3. The van der Waals surface area contributed by atoms with Gasteiger partial charge in [0.15, 0.2) is 0 Å². The summed E-state index contributed by atoms with van der Waals surface area (Å²) >= 11 is 0. The Morgan fingerprint density at radius 1 is 1.06 bits per heavy atom. The molecule has 5 heteroatoms. The van der Waals surface area contributed by atoms with Crippen molar-refractivity contribution in [2.24, 2.45) is 0 Å². The zero-order chi connectivity index (χ0) is 22.3. The molecule has 2 heterocycles. The van der Waals surface area contributed by atoms with Crippen LogP contribution in [0.5, 0.6) is 0 Å². The van der Waals surface area contributed by atoms with Gasteiger partial charge in [0.05, 0.1) is 6.04 Å². The van der Waals surface area contributed by atoms with Crippen molar-refractivity contribution in [2.45, 2.75) is 38.4 Å². The van der Waals surface area contributed by atoms with E-state index < -0.39 is 11.6 Å². The molecule has 0 bridgehead atoms. The smallest absolute Gasteiger partial charge is 0.318 e. The molecule has 0 radical (unpaired) electrons. The third-order valence-electron chi connectivity index (χ3n) is 6.31. The third kappa shape index (κ3) is 3.54. The number of hydrogen-bond donors (Lipinski definition) is 2. The Labute approximate surface area is 187 Å². The summed E-state index contributed by atoms with van der Waals surface area (Å²) in [5, 5.41) is 4.24. The summed E-state index contributed by atoms with van der Waals surface area (Å²) in [5.74, 6) is -0.312. The Hall–Kier alpha value is -3.60. The number of aromatic nitrogens is 1. The Morgan fingerprint density at radius 2 is 1.81 bits per heavy atom. The summed E-state index contributed by atoms with van der Waals surface area (Å²) in [4.78, 5) is 19.0. The van der Waals surface area contributed by atoms with E-state index in [1.165, 1.54) is 17.7 Å². The number of urea groups is 1. The first-order valence-corrected chi connectivity index (χ1v) is 10.9. The van der Waals surface area contributed by atoms with E-state index in [2.05, 4.69) is 30.2 Å². The van der Waals surface area contributed by atoms with Crippen molar-refractivity contribution in [1.29, 1.82) is 0 Å². The Kier molecular flexibility index (Phi) is 4.97. The SMILES string of the molecule is CC1(C)Cc2c([nH]c3ccccc23)C(c2cccc(F)c2)N1C(=O)NCc1ccccc1. The molecular formula is C27H26FN3O. The number of aromatic amines is 1. The van der Waals surface area contributed by atoms with E-state index >= 15 is 0 Å². The lowest BCUT2D eigenvalue weighted by Gasteiger charge is -2.47. The number of nitrogens with one attached hydrogen (secondary N) is 2. The summed E-state index contributed by atoms with van der Waals surface area (Å²) in [5.41, 5.74) is 4.47. The van der Waals surface area contributed by atoms with Crippen LogP contribution >= 0.6 is 0 Å². The normalized spacial score (nSPS) is 17.2. The molecule has 5 rings (SSSR count). The highest BCUT2D eigenvalue weighted by Gasteiger charge is 2.44. The molecule has 32 heavy (non-hydrogen) atoms. The van der Waals surface area contributed by atoms with Crippen LogP contribution < -0.4 is 5.32 Å². The van der Waals surface area contributed by atoms with E-state index in [1.807, 2.05) is 59.5 Å². The number of halogens is 1. The predicted molar refractivity (Wildman–Crippen MR) is 125 cm³/mol. The number of rotatable bonds is 3. The minimum atomic E-state index is -0.476.